The Morgan fingerprint density at radius 3 is 2.56 bits per heavy atom. The SMILES string of the molecule is OC[C@H]1O[C@@H](n2cnc3c(NC4CCC(O)CC4)nc(Cl)nc32)[C@H](O)[C@@H]1O. The first kappa shape index (κ1) is 18.8. The van der Waals surface area contributed by atoms with Crippen LogP contribution in [0.5, 0.6) is 0 Å². The number of aliphatic hydroxyl groups excluding tert-OH is 4. The van der Waals surface area contributed by atoms with Gasteiger partial charge >= 0.3 is 0 Å². The fraction of sp³-hybridized carbons (Fsp3) is 0.688. The van der Waals surface area contributed by atoms with Gasteiger partial charge < -0.3 is 30.5 Å². The smallest absolute Gasteiger partial charge is 0.226 e. The number of nitrogens with zero attached hydrogens (tertiary/aromatic N) is 4. The highest BCUT2D eigenvalue weighted by Gasteiger charge is 2.44. The highest BCUT2D eigenvalue weighted by atomic mass is 35.5. The Hall–Kier alpha value is -1.56. The minimum atomic E-state index is -1.25. The average Bonchev–Trinajstić information content (AvgIpc) is 3.18. The minimum Gasteiger partial charge on any atom is -0.394 e. The highest BCUT2D eigenvalue weighted by Crippen LogP contribution is 2.33. The normalized spacial score (nSPS) is 34.3. The van der Waals surface area contributed by atoms with Crippen molar-refractivity contribution in [3.05, 3.63) is 11.6 Å². The molecule has 1 saturated heterocycles. The van der Waals surface area contributed by atoms with Gasteiger partial charge in [0.15, 0.2) is 23.2 Å². The van der Waals surface area contributed by atoms with Gasteiger partial charge in [0.1, 0.15) is 18.3 Å². The van der Waals surface area contributed by atoms with E-state index in [-0.39, 0.29) is 17.4 Å². The van der Waals surface area contributed by atoms with Gasteiger partial charge in [-0.05, 0) is 37.3 Å². The maximum Gasteiger partial charge on any atom is 0.226 e. The summed E-state index contributed by atoms with van der Waals surface area (Å²) in [6.45, 7) is -0.419. The topological polar surface area (TPSA) is 146 Å². The number of aromatic nitrogens is 4. The van der Waals surface area contributed by atoms with Crippen molar-refractivity contribution >= 4 is 28.6 Å². The van der Waals surface area contributed by atoms with Crippen LogP contribution in [0, 0.1) is 0 Å². The van der Waals surface area contributed by atoms with E-state index in [4.69, 9.17) is 16.3 Å². The average molecular weight is 400 g/mol. The summed E-state index contributed by atoms with van der Waals surface area (Å²) in [5.41, 5.74) is 0.812. The van der Waals surface area contributed by atoms with Crippen molar-refractivity contribution in [1.29, 1.82) is 0 Å². The molecule has 0 spiro atoms. The van der Waals surface area contributed by atoms with Gasteiger partial charge in [0.05, 0.1) is 19.0 Å². The summed E-state index contributed by atoms with van der Waals surface area (Å²) in [5.74, 6) is 0.469. The number of nitrogens with one attached hydrogen (secondary N) is 1. The third kappa shape index (κ3) is 3.48. The monoisotopic (exact) mass is 399 g/mol. The van der Waals surface area contributed by atoms with Crippen LogP contribution < -0.4 is 5.32 Å². The Morgan fingerprint density at radius 1 is 1.15 bits per heavy atom. The van der Waals surface area contributed by atoms with Crippen molar-refractivity contribution < 1.29 is 25.2 Å². The number of fused-ring (bicyclic) bond motifs is 1. The molecule has 4 rings (SSSR count). The molecule has 4 atom stereocenters. The molecular formula is C16H22ClN5O5. The second kappa shape index (κ2) is 7.46. The largest absolute Gasteiger partial charge is 0.394 e. The van der Waals surface area contributed by atoms with Crippen LogP contribution in [0.3, 0.4) is 0 Å². The molecule has 0 amide bonds. The van der Waals surface area contributed by atoms with Crippen LogP contribution in [0.4, 0.5) is 5.82 Å². The van der Waals surface area contributed by atoms with Crippen LogP contribution in [-0.2, 0) is 4.74 Å². The standard InChI is InChI=1S/C16H22ClN5O5/c17-16-20-13(19-7-1-3-8(24)4-2-7)10-14(21-16)22(6-18-10)15-12(26)11(25)9(5-23)27-15/h6-9,11-12,15,23-26H,1-5H2,(H,19,20,21)/t7?,8?,9-,11-,12-,15-/m1/s1. The van der Waals surface area contributed by atoms with E-state index in [1.165, 1.54) is 10.9 Å². The molecule has 0 aromatic carbocycles. The molecule has 0 unspecified atom stereocenters. The van der Waals surface area contributed by atoms with Gasteiger partial charge in [-0.25, -0.2) is 4.98 Å². The zero-order valence-corrected chi connectivity index (χ0v) is 15.2. The quantitative estimate of drug-likeness (QED) is 0.441. The van der Waals surface area contributed by atoms with Crippen molar-refractivity contribution in [3.63, 3.8) is 0 Å². The molecule has 1 aliphatic heterocycles. The fourth-order valence-electron chi connectivity index (χ4n) is 3.70. The first-order valence-corrected chi connectivity index (χ1v) is 9.33. The molecule has 148 valence electrons. The Kier molecular flexibility index (Phi) is 5.19. The van der Waals surface area contributed by atoms with Gasteiger partial charge in [-0.2, -0.15) is 9.97 Å². The highest BCUT2D eigenvalue weighted by molar-refractivity contribution is 6.28. The van der Waals surface area contributed by atoms with E-state index in [0.717, 1.165) is 25.7 Å². The van der Waals surface area contributed by atoms with Crippen LogP contribution in [0.1, 0.15) is 31.9 Å². The third-order valence-electron chi connectivity index (χ3n) is 5.22. The van der Waals surface area contributed by atoms with Gasteiger partial charge in [0.25, 0.3) is 0 Å². The molecule has 2 fully saturated rings. The lowest BCUT2D eigenvalue weighted by Gasteiger charge is -2.26. The summed E-state index contributed by atoms with van der Waals surface area (Å²) in [4.78, 5) is 12.8. The van der Waals surface area contributed by atoms with E-state index in [0.29, 0.717) is 17.0 Å². The van der Waals surface area contributed by atoms with E-state index in [2.05, 4.69) is 20.3 Å². The second-order valence-electron chi connectivity index (χ2n) is 7.04. The lowest BCUT2D eigenvalue weighted by molar-refractivity contribution is -0.0511. The predicted octanol–water partition coefficient (Wildman–Crippen LogP) is -0.193. The van der Waals surface area contributed by atoms with Gasteiger partial charge in [-0.3, -0.25) is 4.57 Å². The Bertz CT molecular complexity index is 812. The number of anilines is 1. The summed E-state index contributed by atoms with van der Waals surface area (Å²) in [5, 5.41) is 42.5. The van der Waals surface area contributed by atoms with E-state index in [1.807, 2.05) is 0 Å². The van der Waals surface area contributed by atoms with E-state index >= 15 is 0 Å². The molecule has 27 heavy (non-hydrogen) atoms. The maximum atomic E-state index is 10.3. The molecule has 1 saturated carbocycles. The summed E-state index contributed by atoms with van der Waals surface area (Å²) in [6.07, 6.45) is -0.0934. The van der Waals surface area contributed by atoms with E-state index in [1.54, 1.807) is 0 Å². The molecular weight excluding hydrogens is 378 g/mol. The lowest BCUT2D eigenvalue weighted by atomic mass is 9.93. The lowest BCUT2D eigenvalue weighted by Crippen LogP contribution is -2.33. The van der Waals surface area contributed by atoms with Crippen LogP contribution in [-0.4, -0.2) is 77.0 Å². The zero-order chi connectivity index (χ0) is 19.1. The van der Waals surface area contributed by atoms with Crippen LogP contribution in [0.2, 0.25) is 5.28 Å². The maximum absolute atomic E-state index is 10.3. The third-order valence-corrected chi connectivity index (χ3v) is 5.39. The number of halogens is 1. The molecule has 2 aliphatic rings. The number of ether oxygens (including phenoxy) is 1. The Balaban J connectivity index is 1.64. The van der Waals surface area contributed by atoms with Crippen molar-refractivity contribution in [2.45, 2.75) is 62.4 Å². The van der Waals surface area contributed by atoms with Gasteiger partial charge in [0.2, 0.25) is 5.28 Å². The summed E-state index contributed by atoms with van der Waals surface area (Å²) >= 11 is 6.09. The fourth-order valence-corrected chi connectivity index (χ4v) is 3.86. The predicted molar refractivity (Wildman–Crippen MR) is 95.2 cm³/mol. The van der Waals surface area contributed by atoms with Crippen molar-refractivity contribution in [2.24, 2.45) is 0 Å². The van der Waals surface area contributed by atoms with Crippen molar-refractivity contribution in [3.8, 4) is 0 Å². The first-order chi connectivity index (χ1) is 13.0. The van der Waals surface area contributed by atoms with Gasteiger partial charge in [-0.15, -0.1) is 0 Å². The Morgan fingerprint density at radius 2 is 1.89 bits per heavy atom. The van der Waals surface area contributed by atoms with Crippen molar-refractivity contribution in [2.75, 3.05) is 11.9 Å². The second-order valence-corrected chi connectivity index (χ2v) is 7.38. The van der Waals surface area contributed by atoms with Gasteiger partial charge in [-0.1, -0.05) is 0 Å². The molecule has 10 nitrogen and oxygen atoms in total. The Labute approximate surface area is 159 Å². The summed E-state index contributed by atoms with van der Waals surface area (Å²) in [7, 11) is 0. The summed E-state index contributed by atoms with van der Waals surface area (Å²) in [6, 6.07) is 0.140. The molecule has 2 aromatic rings. The molecule has 5 N–H and O–H groups in total. The molecule has 0 radical (unpaired) electrons. The van der Waals surface area contributed by atoms with Crippen LogP contribution >= 0.6 is 11.6 Å². The number of imidazole rings is 1. The number of aliphatic hydroxyl groups is 4. The summed E-state index contributed by atoms with van der Waals surface area (Å²) < 4.78 is 7.02. The molecule has 2 aromatic heterocycles. The van der Waals surface area contributed by atoms with E-state index in [9.17, 15) is 20.4 Å². The number of hydrogen-bond donors (Lipinski definition) is 5. The molecule has 11 heteroatoms. The van der Waals surface area contributed by atoms with Gasteiger partial charge in [0, 0.05) is 6.04 Å². The van der Waals surface area contributed by atoms with E-state index < -0.39 is 31.1 Å². The van der Waals surface area contributed by atoms with Crippen LogP contribution in [0.25, 0.3) is 11.2 Å². The molecule has 3 heterocycles. The number of rotatable bonds is 4. The molecule has 0 bridgehead atoms. The van der Waals surface area contributed by atoms with Crippen molar-refractivity contribution in [1.82, 2.24) is 19.5 Å². The first-order valence-electron chi connectivity index (χ1n) is 8.95. The minimum absolute atomic E-state index is 0.00865. The zero-order valence-electron chi connectivity index (χ0n) is 14.4. The molecule has 1 aliphatic carbocycles. The van der Waals surface area contributed by atoms with Crippen LogP contribution in [0.15, 0.2) is 6.33 Å². The number of hydrogen-bond acceptors (Lipinski definition) is 9.